The molecule has 4 nitrogen and oxygen atoms in total. The fraction of sp³-hybridized carbons (Fsp3) is 0.533. The summed E-state index contributed by atoms with van der Waals surface area (Å²) in [7, 11) is 0. The third-order valence-electron chi connectivity index (χ3n) is 3.61. The summed E-state index contributed by atoms with van der Waals surface area (Å²) in [5.74, 6) is 0.979. The summed E-state index contributed by atoms with van der Waals surface area (Å²) in [6.07, 6.45) is 4.26. The maximum Gasteiger partial charge on any atom is 0.108 e. The van der Waals surface area contributed by atoms with Crippen molar-refractivity contribution in [2.24, 2.45) is 5.73 Å². The van der Waals surface area contributed by atoms with E-state index in [1.165, 1.54) is 5.69 Å². The molecule has 0 aliphatic carbocycles. The first-order valence-electron chi connectivity index (χ1n) is 7.18. The van der Waals surface area contributed by atoms with E-state index in [-0.39, 0.29) is 6.04 Å². The van der Waals surface area contributed by atoms with Gasteiger partial charge in [0, 0.05) is 31.0 Å². The highest BCUT2D eigenvalue weighted by Crippen LogP contribution is 2.28. The molecule has 0 saturated carbocycles. The number of hydrogen-bond donors (Lipinski definition) is 1. The highest BCUT2D eigenvalue weighted by atomic mass is 79.9. The number of nitrogens with zero attached hydrogens (tertiary/aromatic N) is 2. The SMILES string of the molecule is CCc1nn(CC)c(CC(N)c2ccoc2CC)c1Br. The average Bonchev–Trinajstić information content (AvgIpc) is 3.04. The molecule has 0 spiro atoms. The van der Waals surface area contributed by atoms with Gasteiger partial charge in [-0.3, -0.25) is 4.68 Å². The summed E-state index contributed by atoms with van der Waals surface area (Å²) in [6, 6.07) is 1.91. The van der Waals surface area contributed by atoms with Gasteiger partial charge in [0.15, 0.2) is 0 Å². The summed E-state index contributed by atoms with van der Waals surface area (Å²) in [5, 5.41) is 4.61. The predicted octanol–water partition coefficient (Wildman–Crippen LogP) is 3.63. The molecule has 1 atom stereocenters. The smallest absolute Gasteiger partial charge is 0.108 e. The summed E-state index contributed by atoms with van der Waals surface area (Å²) in [5.41, 5.74) is 9.73. The molecule has 2 heterocycles. The molecule has 2 rings (SSSR count). The Morgan fingerprint density at radius 1 is 1.35 bits per heavy atom. The van der Waals surface area contributed by atoms with Crippen LogP contribution in [0.15, 0.2) is 21.2 Å². The molecule has 20 heavy (non-hydrogen) atoms. The predicted molar refractivity (Wildman–Crippen MR) is 83.7 cm³/mol. The van der Waals surface area contributed by atoms with E-state index in [1.807, 2.05) is 10.7 Å². The monoisotopic (exact) mass is 339 g/mol. The van der Waals surface area contributed by atoms with Crippen molar-refractivity contribution in [3.05, 3.63) is 39.5 Å². The minimum atomic E-state index is -0.0632. The Morgan fingerprint density at radius 3 is 2.70 bits per heavy atom. The molecule has 0 bridgehead atoms. The van der Waals surface area contributed by atoms with Crippen LogP contribution in [-0.2, 0) is 25.8 Å². The van der Waals surface area contributed by atoms with E-state index in [9.17, 15) is 0 Å². The molecule has 0 saturated heterocycles. The average molecular weight is 340 g/mol. The van der Waals surface area contributed by atoms with Gasteiger partial charge >= 0.3 is 0 Å². The summed E-state index contributed by atoms with van der Waals surface area (Å²) in [4.78, 5) is 0. The third kappa shape index (κ3) is 2.83. The second kappa shape index (κ2) is 6.59. The van der Waals surface area contributed by atoms with Crippen molar-refractivity contribution in [2.75, 3.05) is 0 Å². The topological polar surface area (TPSA) is 57.0 Å². The van der Waals surface area contributed by atoms with E-state index in [4.69, 9.17) is 10.2 Å². The molecule has 0 fully saturated rings. The number of halogens is 1. The zero-order valence-corrected chi connectivity index (χ0v) is 13.9. The van der Waals surface area contributed by atoms with Crippen LogP contribution >= 0.6 is 15.9 Å². The van der Waals surface area contributed by atoms with Crippen molar-refractivity contribution in [1.82, 2.24) is 9.78 Å². The lowest BCUT2D eigenvalue weighted by molar-refractivity contribution is 0.502. The van der Waals surface area contributed by atoms with Gasteiger partial charge in [-0.2, -0.15) is 5.10 Å². The summed E-state index contributed by atoms with van der Waals surface area (Å²) < 4.78 is 8.60. The van der Waals surface area contributed by atoms with Crippen LogP contribution in [0.25, 0.3) is 0 Å². The Kier molecular flexibility index (Phi) is 5.05. The van der Waals surface area contributed by atoms with E-state index in [0.29, 0.717) is 0 Å². The Labute approximate surface area is 128 Å². The molecular weight excluding hydrogens is 318 g/mol. The van der Waals surface area contributed by atoms with Crippen molar-refractivity contribution < 1.29 is 4.42 Å². The second-order valence-electron chi connectivity index (χ2n) is 4.84. The van der Waals surface area contributed by atoms with Crippen molar-refractivity contribution >= 4 is 15.9 Å². The number of hydrogen-bond acceptors (Lipinski definition) is 3. The largest absolute Gasteiger partial charge is 0.469 e. The molecule has 0 aliphatic rings. The maximum absolute atomic E-state index is 6.37. The lowest BCUT2D eigenvalue weighted by atomic mass is 10.0. The van der Waals surface area contributed by atoms with Crippen molar-refractivity contribution in [3.8, 4) is 0 Å². The minimum absolute atomic E-state index is 0.0632. The van der Waals surface area contributed by atoms with Crippen LogP contribution in [0.2, 0.25) is 0 Å². The molecule has 0 aliphatic heterocycles. The number of aromatic nitrogens is 2. The number of furan rings is 1. The molecule has 5 heteroatoms. The fourth-order valence-electron chi connectivity index (χ4n) is 2.50. The van der Waals surface area contributed by atoms with Gasteiger partial charge in [-0.05, 0) is 35.3 Å². The van der Waals surface area contributed by atoms with Crippen LogP contribution in [0.1, 0.15) is 49.5 Å². The Balaban J connectivity index is 2.27. The zero-order chi connectivity index (χ0) is 14.7. The molecule has 0 radical (unpaired) electrons. The molecule has 2 N–H and O–H groups in total. The van der Waals surface area contributed by atoms with E-state index < -0.39 is 0 Å². The molecule has 2 aromatic heterocycles. The van der Waals surface area contributed by atoms with Crippen LogP contribution < -0.4 is 5.73 Å². The summed E-state index contributed by atoms with van der Waals surface area (Å²) in [6.45, 7) is 7.15. The first-order valence-corrected chi connectivity index (χ1v) is 7.97. The van der Waals surface area contributed by atoms with Gasteiger partial charge in [0.05, 0.1) is 22.1 Å². The molecule has 0 aromatic carbocycles. The van der Waals surface area contributed by atoms with Crippen molar-refractivity contribution in [3.63, 3.8) is 0 Å². The van der Waals surface area contributed by atoms with Gasteiger partial charge in [0.2, 0.25) is 0 Å². The number of aryl methyl sites for hydroxylation is 3. The van der Waals surface area contributed by atoms with E-state index in [0.717, 1.165) is 47.3 Å². The lowest BCUT2D eigenvalue weighted by Gasteiger charge is -2.13. The van der Waals surface area contributed by atoms with Crippen LogP contribution in [-0.4, -0.2) is 9.78 Å². The maximum atomic E-state index is 6.37. The quantitative estimate of drug-likeness (QED) is 0.874. The summed E-state index contributed by atoms with van der Waals surface area (Å²) >= 11 is 3.67. The first kappa shape index (κ1) is 15.3. The van der Waals surface area contributed by atoms with Gasteiger partial charge in [-0.15, -0.1) is 0 Å². The van der Waals surface area contributed by atoms with Crippen LogP contribution in [0.3, 0.4) is 0 Å². The van der Waals surface area contributed by atoms with Crippen molar-refractivity contribution in [2.45, 2.75) is 52.6 Å². The van der Waals surface area contributed by atoms with Crippen LogP contribution in [0, 0.1) is 0 Å². The van der Waals surface area contributed by atoms with Crippen LogP contribution in [0.5, 0.6) is 0 Å². The van der Waals surface area contributed by atoms with Gasteiger partial charge in [0.1, 0.15) is 5.76 Å². The van der Waals surface area contributed by atoms with E-state index in [2.05, 4.69) is 41.8 Å². The van der Waals surface area contributed by atoms with E-state index >= 15 is 0 Å². The molecule has 2 aromatic rings. The highest BCUT2D eigenvalue weighted by molar-refractivity contribution is 9.10. The molecular formula is C15H22BrN3O. The lowest BCUT2D eigenvalue weighted by Crippen LogP contribution is -2.17. The van der Waals surface area contributed by atoms with Gasteiger partial charge in [0.25, 0.3) is 0 Å². The van der Waals surface area contributed by atoms with Gasteiger partial charge in [-0.25, -0.2) is 0 Å². The number of rotatable bonds is 6. The Morgan fingerprint density at radius 2 is 2.10 bits per heavy atom. The van der Waals surface area contributed by atoms with Crippen molar-refractivity contribution in [1.29, 1.82) is 0 Å². The molecule has 110 valence electrons. The Bertz CT molecular complexity index is 574. The normalized spacial score (nSPS) is 12.8. The van der Waals surface area contributed by atoms with Gasteiger partial charge in [-0.1, -0.05) is 13.8 Å². The molecule has 1 unspecified atom stereocenters. The highest BCUT2D eigenvalue weighted by Gasteiger charge is 2.20. The zero-order valence-electron chi connectivity index (χ0n) is 12.3. The standard InChI is InChI=1S/C15H22BrN3O/c1-4-12-15(16)13(19(6-3)18-12)9-11(17)10-7-8-20-14(10)5-2/h7-8,11H,4-6,9,17H2,1-3H3. The number of nitrogens with two attached hydrogens (primary N) is 1. The Hall–Kier alpha value is -1.07. The third-order valence-corrected chi connectivity index (χ3v) is 4.52. The fourth-order valence-corrected chi connectivity index (χ4v) is 3.23. The van der Waals surface area contributed by atoms with Gasteiger partial charge < -0.3 is 10.2 Å². The van der Waals surface area contributed by atoms with E-state index in [1.54, 1.807) is 6.26 Å². The molecule has 0 amide bonds. The second-order valence-corrected chi connectivity index (χ2v) is 5.63. The minimum Gasteiger partial charge on any atom is -0.469 e. The first-order chi connectivity index (χ1) is 9.62. The van der Waals surface area contributed by atoms with Crippen LogP contribution in [0.4, 0.5) is 0 Å².